The van der Waals surface area contributed by atoms with Gasteiger partial charge in [0.2, 0.25) is 0 Å². The fourth-order valence-corrected chi connectivity index (χ4v) is 3.59. The molecule has 2 saturated heterocycles. The van der Waals surface area contributed by atoms with Crippen LogP contribution in [0.25, 0.3) is 0 Å². The highest BCUT2D eigenvalue weighted by atomic mass is 19.4. The van der Waals surface area contributed by atoms with E-state index in [4.69, 9.17) is 4.74 Å². The van der Waals surface area contributed by atoms with Gasteiger partial charge in [0, 0.05) is 45.0 Å². The number of hydrogen-bond donors (Lipinski definition) is 1. The summed E-state index contributed by atoms with van der Waals surface area (Å²) in [7, 11) is 0. The van der Waals surface area contributed by atoms with Crippen LogP contribution < -0.4 is 10.2 Å². The molecule has 0 aliphatic carbocycles. The molecule has 1 atom stereocenters. The minimum Gasteiger partial charge on any atom is -0.442 e. The van der Waals surface area contributed by atoms with Crippen molar-refractivity contribution in [2.45, 2.75) is 31.0 Å². The lowest BCUT2D eigenvalue weighted by molar-refractivity contribution is -0.314. The van der Waals surface area contributed by atoms with Gasteiger partial charge in [-0.3, -0.25) is 9.69 Å². The fourth-order valence-electron chi connectivity index (χ4n) is 3.59. The van der Waals surface area contributed by atoms with Crippen molar-refractivity contribution in [1.82, 2.24) is 10.2 Å². The van der Waals surface area contributed by atoms with Gasteiger partial charge in [0.1, 0.15) is 6.04 Å². The normalized spacial score (nSPS) is 21.4. The Morgan fingerprint density at radius 3 is 2.45 bits per heavy atom. The molecule has 0 bridgehead atoms. The number of nitrogens with one attached hydrogen (secondary N) is 1. The van der Waals surface area contributed by atoms with E-state index >= 15 is 0 Å². The van der Waals surface area contributed by atoms with Crippen molar-refractivity contribution >= 4 is 11.7 Å². The summed E-state index contributed by atoms with van der Waals surface area (Å²) < 4.78 is 85.9. The number of halogens is 6. The highest BCUT2D eigenvalue weighted by molar-refractivity contribution is 5.76. The molecular weight excluding hydrogens is 432 g/mol. The third-order valence-corrected chi connectivity index (χ3v) is 5.13. The highest BCUT2D eigenvalue weighted by Gasteiger charge is 2.60. The number of piperazine rings is 1. The molecular formula is C19H23F6N3O3. The average molecular weight is 455 g/mol. The summed E-state index contributed by atoms with van der Waals surface area (Å²) in [5, 5.41) is 2.82. The van der Waals surface area contributed by atoms with E-state index in [-0.39, 0.29) is 19.6 Å². The Morgan fingerprint density at radius 1 is 1.13 bits per heavy atom. The third kappa shape index (κ3) is 6.23. The molecule has 2 fully saturated rings. The number of carbonyl (C=O) groups is 1. The summed E-state index contributed by atoms with van der Waals surface area (Å²) >= 11 is 0. The van der Waals surface area contributed by atoms with E-state index in [2.05, 4.69) is 15.0 Å². The largest absolute Gasteiger partial charge is 0.442 e. The van der Waals surface area contributed by atoms with E-state index < -0.39 is 30.5 Å². The number of carbonyl (C=O) groups excluding carboxylic acids is 1. The summed E-state index contributed by atoms with van der Waals surface area (Å²) in [6.45, 7) is 3.39. The monoisotopic (exact) mass is 455 g/mol. The molecule has 174 valence electrons. The maximum atomic E-state index is 12.8. The first-order valence-corrected chi connectivity index (χ1v) is 9.76. The lowest BCUT2D eigenvalue weighted by Crippen LogP contribution is -2.57. The van der Waals surface area contributed by atoms with Crippen molar-refractivity contribution in [2.24, 2.45) is 0 Å². The second kappa shape index (κ2) is 9.61. The summed E-state index contributed by atoms with van der Waals surface area (Å²) in [5.74, 6) is -1.56. The van der Waals surface area contributed by atoms with Crippen LogP contribution in [-0.4, -0.2) is 81.3 Å². The van der Waals surface area contributed by atoms with Crippen LogP contribution in [0.3, 0.4) is 0 Å². The standard InChI is InChI=1S/C19H23F6N3O3/c20-18(21,22)17(19(23,24)25)31-16(29)15-11-26-4-5-28(15)12-13-2-1-3-14(10-13)27-6-8-30-9-7-27/h1-3,10,15,17,26H,4-9,11-12H2. The molecule has 0 radical (unpaired) electrons. The number of rotatable bonds is 5. The summed E-state index contributed by atoms with van der Waals surface area (Å²) in [4.78, 5) is 15.9. The first kappa shape index (κ1) is 23.6. The Kier molecular flexibility index (Phi) is 7.32. The third-order valence-electron chi connectivity index (χ3n) is 5.13. The van der Waals surface area contributed by atoms with Crippen LogP contribution in [0.5, 0.6) is 0 Å². The van der Waals surface area contributed by atoms with Crippen molar-refractivity contribution in [2.75, 3.05) is 50.8 Å². The van der Waals surface area contributed by atoms with Gasteiger partial charge in [0.15, 0.2) is 0 Å². The minimum atomic E-state index is -5.74. The Bertz CT molecular complexity index is 738. The van der Waals surface area contributed by atoms with Crippen molar-refractivity contribution < 1.29 is 40.6 Å². The van der Waals surface area contributed by atoms with Gasteiger partial charge in [0.05, 0.1) is 13.2 Å². The molecule has 6 nitrogen and oxygen atoms in total. The number of anilines is 1. The van der Waals surface area contributed by atoms with Crippen LogP contribution in [0.1, 0.15) is 5.56 Å². The molecule has 0 spiro atoms. The van der Waals surface area contributed by atoms with Crippen LogP contribution >= 0.6 is 0 Å². The SMILES string of the molecule is O=C(OC(C(F)(F)F)C(F)(F)F)C1CNCCN1Cc1cccc(N2CCOCC2)c1. The Morgan fingerprint density at radius 2 is 1.81 bits per heavy atom. The van der Waals surface area contributed by atoms with Gasteiger partial charge in [-0.15, -0.1) is 0 Å². The van der Waals surface area contributed by atoms with Crippen molar-refractivity contribution in [3.63, 3.8) is 0 Å². The zero-order valence-corrected chi connectivity index (χ0v) is 16.5. The summed E-state index contributed by atoms with van der Waals surface area (Å²) in [5.41, 5.74) is 1.72. The Labute approximate surface area is 175 Å². The van der Waals surface area contributed by atoms with Crippen LogP contribution in [0.15, 0.2) is 24.3 Å². The number of nitrogens with zero attached hydrogens (tertiary/aromatic N) is 2. The fraction of sp³-hybridized carbons (Fsp3) is 0.632. The van der Waals surface area contributed by atoms with Crippen molar-refractivity contribution in [3.05, 3.63) is 29.8 Å². The van der Waals surface area contributed by atoms with E-state index in [9.17, 15) is 31.1 Å². The molecule has 1 N–H and O–H groups in total. The first-order chi connectivity index (χ1) is 14.6. The highest BCUT2D eigenvalue weighted by Crippen LogP contribution is 2.36. The lowest BCUT2D eigenvalue weighted by Gasteiger charge is -2.36. The van der Waals surface area contributed by atoms with Crippen molar-refractivity contribution in [1.29, 1.82) is 0 Å². The zero-order chi connectivity index (χ0) is 22.6. The summed E-state index contributed by atoms with van der Waals surface area (Å²) in [6, 6.07) is 6.15. The molecule has 0 saturated carbocycles. The lowest BCUT2D eigenvalue weighted by atomic mass is 10.1. The second-order valence-corrected chi connectivity index (χ2v) is 7.36. The zero-order valence-electron chi connectivity index (χ0n) is 16.5. The summed E-state index contributed by atoms with van der Waals surface area (Å²) in [6.07, 6.45) is -15.6. The van der Waals surface area contributed by atoms with Crippen molar-refractivity contribution in [3.8, 4) is 0 Å². The predicted octanol–water partition coefficient (Wildman–Crippen LogP) is 2.33. The van der Waals surface area contributed by atoms with Gasteiger partial charge in [-0.25, -0.2) is 0 Å². The Hall–Kier alpha value is -2.05. The maximum Gasteiger partial charge on any atom is 0.434 e. The number of hydrogen-bond acceptors (Lipinski definition) is 6. The minimum absolute atomic E-state index is 0.107. The van der Waals surface area contributed by atoms with Crippen LogP contribution in [0.2, 0.25) is 0 Å². The quantitative estimate of drug-likeness (QED) is 0.544. The average Bonchev–Trinajstić information content (AvgIpc) is 2.71. The van der Waals surface area contributed by atoms with E-state index in [0.717, 1.165) is 11.3 Å². The van der Waals surface area contributed by atoms with Gasteiger partial charge in [-0.1, -0.05) is 12.1 Å². The number of esters is 1. The molecule has 2 aliphatic rings. The molecule has 12 heteroatoms. The molecule has 0 amide bonds. The number of alkyl halides is 6. The number of morpholine rings is 1. The molecule has 1 unspecified atom stereocenters. The van der Waals surface area contributed by atoms with Crippen LogP contribution in [0, 0.1) is 0 Å². The van der Waals surface area contributed by atoms with E-state index in [1.54, 1.807) is 6.07 Å². The molecule has 3 rings (SSSR count). The molecule has 2 heterocycles. The molecule has 1 aromatic carbocycles. The first-order valence-electron chi connectivity index (χ1n) is 9.76. The molecule has 31 heavy (non-hydrogen) atoms. The van der Waals surface area contributed by atoms with Crippen LogP contribution in [0.4, 0.5) is 32.0 Å². The maximum absolute atomic E-state index is 12.8. The molecule has 0 aromatic heterocycles. The van der Waals surface area contributed by atoms with Crippen LogP contribution in [-0.2, 0) is 20.8 Å². The predicted molar refractivity (Wildman–Crippen MR) is 98.5 cm³/mol. The smallest absolute Gasteiger partial charge is 0.434 e. The van der Waals surface area contributed by atoms with Gasteiger partial charge < -0.3 is 19.7 Å². The van der Waals surface area contributed by atoms with Gasteiger partial charge in [-0.05, 0) is 17.7 Å². The number of ether oxygens (including phenoxy) is 2. The molecule has 1 aromatic rings. The van der Waals surface area contributed by atoms with E-state index in [1.165, 1.54) is 4.90 Å². The number of benzene rings is 1. The van der Waals surface area contributed by atoms with Gasteiger partial charge >= 0.3 is 18.3 Å². The topological polar surface area (TPSA) is 54.0 Å². The van der Waals surface area contributed by atoms with Gasteiger partial charge in [0.25, 0.3) is 6.10 Å². The second-order valence-electron chi connectivity index (χ2n) is 7.36. The molecule has 2 aliphatic heterocycles. The Balaban J connectivity index is 1.71. The van der Waals surface area contributed by atoms with Gasteiger partial charge in [-0.2, -0.15) is 26.3 Å². The van der Waals surface area contributed by atoms with E-state index in [0.29, 0.717) is 32.8 Å². The van der Waals surface area contributed by atoms with E-state index in [1.807, 2.05) is 18.2 Å².